The van der Waals surface area contributed by atoms with Gasteiger partial charge in [0.1, 0.15) is 5.82 Å². The quantitative estimate of drug-likeness (QED) is 0.338. The van der Waals surface area contributed by atoms with Crippen molar-refractivity contribution in [1.29, 1.82) is 0 Å². The minimum atomic E-state index is -0.836. The molecule has 1 aromatic heterocycles. The van der Waals surface area contributed by atoms with Gasteiger partial charge in [-0.3, -0.25) is 4.79 Å². The number of nitrogen functional groups attached to an aromatic ring is 1. The summed E-state index contributed by atoms with van der Waals surface area (Å²) in [6, 6.07) is 10.2. The van der Waals surface area contributed by atoms with Crippen LogP contribution in [0.25, 0.3) is 0 Å². The topological polar surface area (TPSA) is 106 Å². The van der Waals surface area contributed by atoms with Gasteiger partial charge < -0.3 is 16.2 Å². The van der Waals surface area contributed by atoms with Gasteiger partial charge in [-0.25, -0.2) is 9.67 Å². The van der Waals surface area contributed by atoms with Crippen molar-refractivity contribution in [1.82, 2.24) is 14.8 Å². The Morgan fingerprint density at radius 1 is 1.17 bits per heavy atom. The summed E-state index contributed by atoms with van der Waals surface area (Å²) in [7, 11) is 1.83. The number of benzene rings is 2. The SMILES string of the molecule is CNc1ccc(C(CC(=O)O)c2ccc(C)c(Cn3nc(CC4CCCCC4)nc3C)c2)c(C)c1N. The molecule has 192 valence electrons. The number of anilines is 2. The number of carbonyl (C=O) groups is 1. The van der Waals surface area contributed by atoms with Crippen molar-refractivity contribution in [3.05, 3.63) is 69.8 Å². The van der Waals surface area contributed by atoms with Crippen LogP contribution in [0.2, 0.25) is 0 Å². The van der Waals surface area contributed by atoms with Crippen molar-refractivity contribution in [2.24, 2.45) is 5.92 Å². The second-order valence-corrected chi connectivity index (χ2v) is 10.3. The van der Waals surface area contributed by atoms with E-state index >= 15 is 0 Å². The Labute approximate surface area is 214 Å². The van der Waals surface area contributed by atoms with Gasteiger partial charge in [0, 0.05) is 19.4 Å². The molecule has 1 fully saturated rings. The van der Waals surface area contributed by atoms with E-state index in [0.29, 0.717) is 18.2 Å². The van der Waals surface area contributed by atoms with Crippen LogP contribution in [0, 0.1) is 26.7 Å². The summed E-state index contributed by atoms with van der Waals surface area (Å²) in [5, 5.41) is 17.7. The summed E-state index contributed by atoms with van der Waals surface area (Å²) < 4.78 is 1.99. The third kappa shape index (κ3) is 5.72. The predicted molar refractivity (Wildman–Crippen MR) is 145 cm³/mol. The maximum atomic E-state index is 11.9. The van der Waals surface area contributed by atoms with E-state index in [0.717, 1.165) is 51.6 Å². The number of hydrogen-bond acceptors (Lipinski definition) is 5. The lowest BCUT2D eigenvalue weighted by atomic mass is 9.84. The van der Waals surface area contributed by atoms with Gasteiger partial charge in [-0.05, 0) is 60.6 Å². The van der Waals surface area contributed by atoms with Crippen LogP contribution < -0.4 is 11.1 Å². The lowest BCUT2D eigenvalue weighted by Gasteiger charge is -2.22. The fourth-order valence-corrected chi connectivity index (χ4v) is 5.53. The Balaban J connectivity index is 1.63. The molecule has 0 saturated heterocycles. The molecule has 1 heterocycles. The standard InChI is InChI=1S/C29H39N5O2/c1-18-10-11-22(25(16-28(35)36)24-12-13-26(31-4)29(30)19(24)2)15-23(18)17-34-20(3)32-27(33-34)14-21-8-6-5-7-9-21/h10-13,15,21,25,31H,5-9,14,16-17,30H2,1-4H3,(H,35,36). The van der Waals surface area contributed by atoms with Crippen molar-refractivity contribution >= 4 is 17.3 Å². The van der Waals surface area contributed by atoms with Gasteiger partial charge in [-0.15, -0.1) is 0 Å². The molecule has 36 heavy (non-hydrogen) atoms. The second-order valence-electron chi connectivity index (χ2n) is 10.3. The van der Waals surface area contributed by atoms with Crippen LogP contribution in [0.3, 0.4) is 0 Å². The molecule has 1 atom stereocenters. The molecule has 0 spiro atoms. The molecule has 0 aliphatic heterocycles. The van der Waals surface area contributed by atoms with Crippen LogP contribution in [-0.2, 0) is 17.8 Å². The van der Waals surface area contributed by atoms with Crippen molar-refractivity contribution in [3.8, 4) is 0 Å². The number of aryl methyl sites for hydroxylation is 2. The molecule has 4 rings (SSSR count). The predicted octanol–water partition coefficient (Wildman–Crippen LogP) is 5.60. The highest BCUT2D eigenvalue weighted by molar-refractivity contribution is 5.74. The third-order valence-electron chi connectivity index (χ3n) is 7.77. The number of hydrogen-bond donors (Lipinski definition) is 3. The number of aliphatic carboxylic acids is 1. The Hall–Kier alpha value is -3.35. The van der Waals surface area contributed by atoms with E-state index in [4.69, 9.17) is 15.8 Å². The van der Waals surface area contributed by atoms with Crippen molar-refractivity contribution in [2.75, 3.05) is 18.1 Å². The molecule has 0 radical (unpaired) electrons. The molecule has 0 amide bonds. The van der Waals surface area contributed by atoms with Gasteiger partial charge in [0.05, 0.1) is 24.3 Å². The highest BCUT2D eigenvalue weighted by atomic mass is 16.4. The maximum Gasteiger partial charge on any atom is 0.304 e. The summed E-state index contributed by atoms with van der Waals surface area (Å²) in [5.74, 6) is 1.42. The van der Waals surface area contributed by atoms with Gasteiger partial charge >= 0.3 is 5.97 Å². The first-order valence-electron chi connectivity index (χ1n) is 13.0. The molecule has 3 aromatic rings. The Bertz CT molecular complexity index is 1230. The second kappa shape index (κ2) is 11.1. The van der Waals surface area contributed by atoms with Crippen LogP contribution in [-0.4, -0.2) is 32.9 Å². The van der Waals surface area contributed by atoms with Crippen LogP contribution >= 0.6 is 0 Å². The van der Waals surface area contributed by atoms with Crippen LogP contribution in [0.15, 0.2) is 30.3 Å². The Morgan fingerprint density at radius 3 is 2.61 bits per heavy atom. The lowest BCUT2D eigenvalue weighted by molar-refractivity contribution is -0.137. The van der Waals surface area contributed by atoms with E-state index in [1.54, 1.807) is 0 Å². The molecule has 1 saturated carbocycles. The van der Waals surface area contributed by atoms with Crippen molar-refractivity contribution in [3.63, 3.8) is 0 Å². The summed E-state index contributed by atoms with van der Waals surface area (Å²) in [6.45, 7) is 6.68. The fourth-order valence-electron chi connectivity index (χ4n) is 5.53. The number of aromatic nitrogens is 3. The highest BCUT2D eigenvalue weighted by Gasteiger charge is 2.23. The van der Waals surface area contributed by atoms with E-state index < -0.39 is 5.97 Å². The van der Waals surface area contributed by atoms with Gasteiger partial charge in [-0.1, -0.05) is 56.4 Å². The molecule has 7 nitrogen and oxygen atoms in total. The number of carboxylic acids is 1. The summed E-state index contributed by atoms with van der Waals surface area (Å²) in [6.07, 6.45) is 7.49. The van der Waals surface area contributed by atoms with Gasteiger partial charge in [0.2, 0.25) is 0 Å². The van der Waals surface area contributed by atoms with Gasteiger partial charge in [0.15, 0.2) is 5.82 Å². The van der Waals surface area contributed by atoms with E-state index in [-0.39, 0.29) is 12.3 Å². The fraction of sp³-hybridized carbons (Fsp3) is 0.483. The Kier molecular flexibility index (Phi) is 7.97. The van der Waals surface area contributed by atoms with Gasteiger partial charge in [-0.2, -0.15) is 5.10 Å². The molecule has 4 N–H and O–H groups in total. The van der Waals surface area contributed by atoms with Crippen LogP contribution in [0.4, 0.5) is 11.4 Å². The lowest BCUT2D eigenvalue weighted by Crippen LogP contribution is -2.13. The first-order valence-corrected chi connectivity index (χ1v) is 13.0. The average Bonchev–Trinajstić information content (AvgIpc) is 3.19. The minimum absolute atomic E-state index is 0.00439. The molecule has 2 aromatic carbocycles. The first-order chi connectivity index (χ1) is 17.3. The monoisotopic (exact) mass is 489 g/mol. The van der Waals surface area contributed by atoms with Crippen molar-refractivity contribution in [2.45, 2.75) is 78.2 Å². The zero-order valence-electron chi connectivity index (χ0n) is 22.0. The van der Waals surface area contributed by atoms with Crippen molar-refractivity contribution < 1.29 is 9.90 Å². The normalized spacial score (nSPS) is 15.1. The zero-order chi connectivity index (χ0) is 25.8. The third-order valence-corrected chi connectivity index (χ3v) is 7.77. The molecule has 0 bridgehead atoms. The average molecular weight is 490 g/mol. The number of nitrogens with two attached hydrogens (primary N) is 1. The number of carboxylic acid groups (broad SMARTS) is 1. The molecule has 7 heteroatoms. The number of nitrogens with zero attached hydrogens (tertiary/aromatic N) is 3. The number of nitrogens with one attached hydrogen (secondary N) is 1. The Morgan fingerprint density at radius 2 is 1.92 bits per heavy atom. The highest BCUT2D eigenvalue weighted by Crippen LogP contribution is 2.36. The summed E-state index contributed by atoms with van der Waals surface area (Å²) in [4.78, 5) is 16.6. The smallest absolute Gasteiger partial charge is 0.304 e. The van der Waals surface area contributed by atoms with E-state index in [2.05, 4.69) is 24.4 Å². The molecule has 1 unspecified atom stereocenters. The minimum Gasteiger partial charge on any atom is -0.481 e. The number of rotatable bonds is 9. The summed E-state index contributed by atoms with van der Waals surface area (Å²) >= 11 is 0. The van der Waals surface area contributed by atoms with E-state index in [1.165, 1.54) is 32.1 Å². The molecular weight excluding hydrogens is 450 g/mol. The van der Waals surface area contributed by atoms with E-state index in [1.807, 2.05) is 43.8 Å². The van der Waals surface area contributed by atoms with Gasteiger partial charge in [0.25, 0.3) is 0 Å². The first kappa shape index (κ1) is 25.7. The largest absolute Gasteiger partial charge is 0.481 e. The van der Waals surface area contributed by atoms with E-state index in [9.17, 15) is 9.90 Å². The van der Waals surface area contributed by atoms with Crippen LogP contribution in [0.5, 0.6) is 0 Å². The zero-order valence-corrected chi connectivity index (χ0v) is 22.0. The summed E-state index contributed by atoms with van der Waals surface area (Å²) in [5.41, 5.74) is 13.0. The molecule has 1 aliphatic rings. The molecule has 1 aliphatic carbocycles. The maximum absolute atomic E-state index is 11.9. The van der Waals surface area contributed by atoms with Crippen LogP contribution in [0.1, 0.15) is 83.9 Å². The molecular formula is C29H39N5O2.